The number of nitrogens with zero attached hydrogens (tertiary/aromatic N) is 3. The molecule has 6 nitrogen and oxygen atoms in total. The van der Waals surface area contributed by atoms with Crippen LogP contribution in [0.2, 0.25) is 5.02 Å². The largest absolute Gasteiger partial charge is 0.383 e. The van der Waals surface area contributed by atoms with Crippen molar-refractivity contribution in [1.82, 2.24) is 15.2 Å². The molecule has 0 aliphatic rings. The third kappa shape index (κ3) is 4.35. The van der Waals surface area contributed by atoms with Crippen molar-refractivity contribution in [3.8, 4) is 0 Å². The smallest absolute Gasteiger partial charge is 0.244 e. The first-order chi connectivity index (χ1) is 9.28. The molecule has 0 saturated carbocycles. The average molecular weight is 280 g/mol. The fraction of sp³-hybridized carbons (Fsp3) is 0.250. The van der Waals surface area contributed by atoms with E-state index in [0.29, 0.717) is 29.9 Å². The van der Waals surface area contributed by atoms with E-state index in [1.54, 1.807) is 25.4 Å². The first-order valence-electron chi connectivity index (χ1n) is 5.73. The lowest BCUT2D eigenvalue weighted by atomic mass is 10.3. The summed E-state index contributed by atoms with van der Waals surface area (Å²) in [5, 5.41) is 14.6. The molecule has 0 spiro atoms. The molecule has 0 bridgehead atoms. The van der Waals surface area contributed by atoms with Gasteiger partial charge in [-0.15, -0.1) is 5.10 Å². The topological polar surface area (TPSA) is 72.0 Å². The van der Waals surface area contributed by atoms with Crippen LogP contribution >= 0.6 is 11.6 Å². The molecule has 0 aliphatic heterocycles. The van der Waals surface area contributed by atoms with E-state index in [2.05, 4.69) is 25.8 Å². The van der Waals surface area contributed by atoms with Crippen LogP contribution in [-0.4, -0.2) is 35.4 Å². The van der Waals surface area contributed by atoms with Crippen LogP contribution < -0.4 is 10.6 Å². The zero-order valence-corrected chi connectivity index (χ0v) is 11.2. The molecular weight excluding hydrogens is 266 g/mol. The van der Waals surface area contributed by atoms with Gasteiger partial charge >= 0.3 is 0 Å². The predicted octanol–water partition coefficient (Wildman–Crippen LogP) is 2.33. The van der Waals surface area contributed by atoms with Gasteiger partial charge in [-0.2, -0.15) is 10.1 Å². The van der Waals surface area contributed by atoms with E-state index in [9.17, 15) is 0 Å². The Morgan fingerprint density at radius 3 is 2.79 bits per heavy atom. The molecule has 0 saturated heterocycles. The maximum atomic E-state index is 5.82. The Morgan fingerprint density at radius 2 is 2.05 bits per heavy atom. The number of aromatic nitrogens is 3. The summed E-state index contributed by atoms with van der Waals surface area (Å²) in [5.74, 6) is 1.06. The van der Waals surface area contributed by atoms with E-state index in [-0.39, 0.29) is 0 Å². The highest BCUT2D eigenvalue weighted by Crippen LogP contribution is 2.17. The van der Waals surface area contributed by atoms with Crippen LogP contribution in [0, 0.1) is 0 Å². The molecule has 2 aromatic rings. The van der Waals surface area contributed by atoms with Crippen LogP contribution in [-0.2, 0) is 4.74 Å². The molecule has 0 aliphatic carbocycles. The summed E-state index contributed by atoms with van der Waals surface area (Å²) in [5.41, 5.74) is 0.882. The Bertz CT molecular complexity index is 520. The minimum atomic E-state index is 0.455. The minimum absolute atomic E-state index is 0.455. The summed E-state index contributed by atoms with van der Waals surface area (Å²) in [7, 11) is 1.64. The Hall–Kier alpha value is -1.92. The Morgan fingerprint density at radius 1 is 1.26 bits per heavy atom. The summed E-state index contributed by atoms with van der Waals surface area (Å²) in [4.78, 5) is 4.28. The summed E-state index contributed by atoms with van der Waals surface area (Å²) >= 11 is 5.82. The van der Waals surface area contributed by atoms with Gasteiger partial charge in [-0.3, -0.25) is 0 Å². The van der Waals surface area contributed by atoms with Gasteiger partial charge < -0.3 is 15.4 Å². The molecule has 0 amide bonds. The van der Waals surface area contributed by atoms with Crippen molar-refractivity contribution >= 4 is 29.1 Å². The monoisotopic (exact) mass is 279 g/mol. The minimum Gasteiger partial charge on any atom is -0.383 e. The molecule has 100 valence electrons. The standard InChI is InChI=1S/C12H14ClN5O/c1-19-7-6-14-12-17-11(8-15-18-12)16-10-4-2-9(13)3-5-10/h2-5,8H,6-7H2,1H3,(H2,14,16,17,18). The molecule has 2 N–H and O–H groups in total. The molecule has 0 fully saturated rings. The van der Waals surface area contributed by atoms with Gasteiger partial charge in [0.15, 0.2) is 5.82 Å². The fourth-order valence-corrected chi connectivity index (χ4v) is 1.51. The number of hydrogen-bond donors (Lipinski definition) is 2. The van der Waals surface area contributed by atoms with Crippen molar-refractivity contribution in [2.75, 3.05) is 30.9 Å². The average Bonchev–Trinajstić information content (AvgIpc) is 2.42. The number of rotatable bonds is 6. The van der Waals surface area contributed by atoms with E-state index in [1.807, 2.05) is 12.1 Å². The van der Waals surface area contributed by atoms with Gasteiger partial charge in [-0.1, -0.05) is 11.6 Å². The molecule has 0 unspecified atom stereocenters. The quantitative estimate of drug-likeness (QED) is 0.791. The highest BCUT2D eigenvalue weighted by molar-refractivity contribution is 6.30. The van der Waals surface area contributed by atoms with Crippen molar-refractivity contribution < 1.29 is 4.74 Å². The summed E-state index contributed by atoms with van der Waals surface area (Å²) < 4.78 is 4.93. The van der Waals surface area contributed by atoms with Crippen molar-refractivity contribution in [1.29, 1.82) is 0 Å². The third-order valence-corrected chi connectivity index (χ3v) is 2.52. The number of methoxy groups -OCH3 is 1. The van der Waals surface area contributed by atoms with Crippen LogP contribution in [0.3, 0.4) is 0 Å². The zero-order valence-electron chi connectivity index (χ0n) is 10.4. The number of benzene rings is 1. The lowest BCUT2D eigenvalue weighted by Crippen LogP contribution is -2.11. The van der Waals surface area contributed by atoms with E-state index in [4.69, 9.17) is 16.3 Å². The van der Waals surface area contributed by atoms with Crippen LogP contribution in [0.1, 0.15) is 0 Å². The second-order valence-corrected chi connectivity index (χ2v) is 4.15. The second kappa shape index (κ2) is 6.86. The number of hydrogen-bond acceptors (Lipinski definition) is 6. The zero-order chi connectivity index (χ0) is 13.5. The first-order valence-corrected chi connectivity index (χ1v) is 6.11. The highest BCUT2D eigenvalue weighted by atomic mass is 35.5. The van der Waals surface area contributed by atoms with Crippen LogP contribution in [0.15, 0.2) is 30.5 Å². The molecule has 0 radical (unpaired) electrons. The van der Waals surface area contributed by atoms with Crippen LogP contribution in [0.5, 0.6) is 0 Å². The molecule has 2 rings (SSSR count). The van der Waals surface area contributed by atoms with Gasteiger partial charge in [0.05, 0.1) is 12.8 Å². The van der Waals surface area contributed by atoms with E-state index in [0.717, 1.165) is 5.69 Å². The molecule has 1 aromatic heterocycles. The Balaban J connectivity index is 2.00. The molecule has 7 heteroatoms. The van der Waals surface area contributed by atoms with Gasteiger partial charge in [0.2, 0.25) is 5.95 Å². The van der Waals surface area contributed by atoms with Crippen LogP contribution in [0.25, 0.3) is 0 Å². The van der Waals surface area contributed by atoms with E-state index < -0.39 is 0 Å². The lowest BCUT2D eigenvalue weighted by Gasteiger charge is -2.07. The fourth-order valence-electron chi connectivity index (χ4n) is 1.38. The predicted molar refractivity (Wildman–Crippen MR) is 74.9 cm³/mol. The molecule has 1 aromatic carbocycles. The van der Waals surface area contributed by atoms with Gasteiger partial charge in [0.1, 0.15) is 0 Å². The van der Waals surface area contributed by atoms with E-state index in [1.165, 1.54) is 0 Å². The number of anilines is 3. The number of halogens is 1. The summed E-state index contributed by atoms with van der Waals surface area (Å²) in [6.07, 6.45) is 1.55. The number of ether oxygens (including phenoxy) is 1. The van der Waals surface area contributed by atoms with Gasteiger partial charge in [-0.05, 0) is 24.3 Å². The lowest BCUT2D eigenvalue weighted by molar-refractivity contribution is 0.210. The van der Waals surface area contributed by atoms with Crippen LogP contribution in [0.4, 0.5) is 17.5 Å². The normalized spacial score (nSPS) is 10.2. The maximum absolute atomic E-state index is 5.82. The summed E-state index contributed by atoms with van der Waals surface area (Å²) in [6.45, 7) is 1.21. The van der Waals surface area contributed by atoms with Crippen molar-refractivity contribution in [2.45, 2.75) is 0 Å². The van der Waals surface area contributed by atoms with Gasteiger partial charge in [-0.25, -0.2) is 0 Å². The van der Waals surface area contributed by atoms with E-state index >= 15 is 0 Å². The first kappa shape index (κ1) is 13.5. The van der Waals surface area contributed by atoms with Crippen molar-refractivity contribution in [2.24, 2.45) is 0 Å². The molecule has 0 atom stereocenters. The second-order valence-electron chi connectivity index (χ2n) is 3.72. The Kier molecular flexibility index (Phi) is 4.88. The van der Waals surface area contributed by atoms with Gasteiger partial charge in [0, 0.05) is 24.4 Å². The highest BCUT2D eigenvalue weighted by Gasteiger charge is 2.00. The van der Waals surface area contributed by atoms with Crippen molar-refractivity contribution in [3.63, 3.8) is 0 Å². The van der Waals surface area contributed by atoms with Gasteiger partial charge in [0.25, 0.3) is 0 Å². The maximum Gasteiger partial charge on any atom is 0.244 e. The molecule has 19 heavy (non-hydrogen) atoms. The SMILES string of the molecule is COCCNc1nncc(Nc2ccc(Cl)cc2)n1. The molecule has 1 heterocycles. The summed E-state index contributed by atoms with van der Waals surface area (Å²) in [6, 6.07) is 7.33. The van der Waals surface area contributed by atoms with Crippen molar-refractivity contribution in [3.05, 3.63) is 35.5 Å². The Labute approximate surface area is 116 Å². The third-order valence-electron chi connectivity index (χ3n) is 2.26. The number of nitrogens with one attached hydrogen (secondary N) is 2. The molecular formula is C12H14ClN5O.